The Morgan fingerprint density at radius 1 is 0.338 bits per heavy atom. The lowest BCUT2D eigenvalue weighted by Gasteiger charge is -2.14. The van der Waals surface area contributed by atoms with Crippen molar-refractivity contribution in [2.24, 2.45) is 0 Å². The summed E-state index contributed by atoms with van der Waals surface area (Å²) in [6.45, 7) is 0. The highest BCUT2D eigenvalue weighted by molar-refractivity contribution is 6.27. The molecule has 0 atom stereocenters. The van der Waals surface area contributed by atoms with Gasteiger partial charge in [0, 0.05) is 82.9 Å². The minimum absolute atomic E-state index is 0.621. The van der Waals surface area contributed by atoms with Crippen LogP contribution < -0.4 is 0 Å². The Morgan fingerprint density at radius 3 is 1.65 bits per heavy atom. The van der Waals surface area contributed by atoms with Crippen LogP contribution in [0.25, 0.3) is 165 Å². The molecule has 16 bridgehead atoms. The first kappa shape index (κ1) is 34.9. The molecular formula is C57H29N11. The van der Waals surface area contributed by atoms with Crippen LogP contribution in [0.15, 0.2) is 146 Å². The predicted octanol–water partition coefficient (Wildman–Crippen LogP) is 13.1. The maximum Gasteiger partial charge on any atom is 0.119 e. The van der Waals surface area contributed by atoms with E-state index in [1.54, 1.807) is 0 Å². The van der Waals surface area contributed by atoms with E-state index in [2.05, 4.69) is 154 Å². The minimum Gasteiger partial charge on any atom is -0.358 e. The van der Waals surface area contributed by atoms with Crippen LogP contribution in [-0.2, 0) is 6.42 Å². The third kappa shape index (κ3) is 4.60. The number of rotatable bonds is 0. The van der Waals surface area contributed by atoms with E-state index in [1.165, 1.54) is 0 Å². The molecule has 0 unspecified atom stereocenters. The maximum absolute atomic E-state index is 5.62. The molecule has 1 aliphatic heterocycles. The Morgan fingerprint density at radius 2 is 0.897 bits per heavy atom. The molecule has 6 aromatic carbocycles. The van der Waals surface area contributed by atoms with Crippen LogP contribution in [-0.4, -0.2) is 54.8 Å². The Balaban J connectivity index is 1.04. The summed E-state index contributed by atoms with van der Waals surface area (Å²) < 4.78 is 0. The van der Waals surface area contributed by atoms with Crippen molar-refractivity contribution in [1.82, 2.24) is 54.8 Å². The highest BCUT2D eigenvalue weighted by Gasteiger charge is 2.23. The standard InChI is InChI=1S/C57H29N11/c1-5-26-19-30-23-31-20-27-6-2-10-35(46(27)60-31)42-17-14-39-50(64-42)49-38(13-16-41(63-49)34(9-1)45(26)59-30)51-52(39)68-57-54(67-51)40-15-18-43-36-11-3-7-28-21-32(61-47(28)36)24-33-22-29-8-4-12-37(48(29)62-33)44-25-58-55(57)56(66-44)53(40)65-43/h1-23,25,59,61-62H,24H2. The zero-order valence-electron chi connectivity index (χ0n) is 35.6. The van der Waals surface area contributed by atoms with Gasteiger partial charge in [-0.2, -0.15) is 0 Å². The van der Waals surface area contributed by atoms with Crippen LogP contribution in [0.4, 0.5) is 0 Å². The van der Waals surface area contributed by atoms with Crippen LogP contribution in [0.3, 0.4) is 0 Å². The lowest BCUT2D eigenvalue weighted by molar-refractivity contribution is 1.07. The molecule has 0 saturated carbocycles. The third-order valence-corrected chi connectivity index (χ3v) is 14.3. The number of aromatic amines is 3. The predicted molar refractivity (Wildman–Crippen MR) is 273 cm³/mol. The molecule has 17 rings (SSSR count). The fraction of sp³-hybridized carbons (Fsp3) is 0.0175. The van der Waals surface area contributed by atoms with E-state index in [0.29, 0.717) is 33.1 Å². The molecule has 1 aliphatic rings. The molecule has 11 heteroatoms. The molecule has 0 spiro atoms. The zero-order chi connectivity index (χ0) is 43.9. The van der Waals surface area contributed by atoms with Crippen molar-refractivity contribution in [3.63, 3.8) is 0 Å². The van der Waals surface area contributed by atoms with E-state index in [1.807, 2.05) is 6.20 Å². The van der Waals surface area contributed by atoms with Gasteiger partial charge in [-0.15, -0.1) is 0 Å². The lowest BCUT2D eigenvalue weighted by atomic mass is 10.0. The summed E-state index contributed by atoms with van der Waals surface area (Å²) in [6, 6.07) is 48.8. The molecule has 0 aliphatic carbocycles. The Kier molecular flexibility index (Phi) is 6.28. The number of nitrogens with zero attached hydrogens (tertiary/aromatic N) is 8. The van der Waals surface area contributed by atoms with Crippen molar-refractivity contribution in [3.8, 4) is 22.5 Å². The van der Waals surface area contributed by atoms with E-state index in [-0.39, 0.29) is 0 Å². The second-order valence-electron chi connectivity index (χ2n) is 18.2. The summed E-state index contributed by atoms with van der Waals surface area (Å²) in [5.74, 6) is 0. The number of hydrogen-bond acceptors (Lipinski definition) is 8. The molecule has 11 nitrogen and oxygen atoms in total. The summed E-state index contributed by atoms with van der Waals surface area (Å²) in [5.41, 5.74) is 19.4. The number of hydrogen-bond donors (Lipinski definition) is 3. The Labute approximate surface area is 381 Å². The molecule has 16 aromatic rings. The minimum atomic E-state index is 0.621. The molecule has 0 fully saturated rings. The van der Waals surface area contributed by atoms with E-state index >= 15 is 0 Å². The molecule has 3 N–H and O–H groups in total. The number of para-hydroxylation sites is 4. The summed E-state index contributed by atoms with van der Waals surface area (Å²) in [5, 5.41) is 8.83. The monoisotopic (exact) mass is 867 g/mol. The van der Waals surface area contributed by atoms with Gasteiger partial charge in [0.15, 0.2) is 0 Å². The Hall–Kier alpha value is -9.48. The van der Waals surface area contributed by atoms with Gasteiger partial charge >= 0.3 is 0 Å². The van der Waals surface area contributed by atoms with Gasteiger partial charge in [-0.05, 0) is 66.7 Å². The van der Waals surface area contributed by atoms with E-state index in [9.17, 15) is 0 Å². The van der Waals surface area contributed by atoms with Gasteiger partial charge in [0.25, 0.3) is 0 Å². The first-order valence-electron chi connectivity index (χ1n) is 22.7. The van der Waals surface area contributed by atoms with Crippen molar-refractivity contribution in [1.29, 1.82) is 0 Å². The van der Waals surface area contributed by atoms with Gasteiger partial charge in [0.05, 0.1) is 78.3 Å². The normalized spacial score (nSPS) is 12.9. The second kappa shape index (κ2) is 12.2. The fourth-order valence-electron chi connectivity index (χ4n) is 11.2. The van der Waals surface area contributed by atoms with Gasteiger partial charge in [0.1, 0.15) is 27.6 Å². The fourth-order valence-corrected chi connectivity index (χ4v) is 11.2. The summed E-state index contributed by atoms with van der Waals surface area (Å²) in [4.78, 5) is 54.7. The highest BCUT2D eigenvalue weighted by Crippen LogP contribution is 2.41. The smallest absolute Gasteiger partial charge is 0.119 e. The number of pyridine rings is 3. The molecule has 68 heavy (non-hydrogen) atoms. The number of aromatic nitrogens is 11. The van der Waals surface area contributed by atoms with Gasteiger partial charge in [-0.1, -0.05) is 72.8 Å². The quantitative estimate of drug-likeness (QED) is 0.101. The third-order valence-electron chi connectivity index (χ3n) is 14.3. The average Bonchev–Trinajstić information content (AvgIpc) is 4.19. The van der Waals surface area contributed by atoms with Crippen molar-refractivity contribution >= 4 is 142 Å². The van der Waals surface area contributed by atoms with Crippen LogP contribution in [0.2, 0.25) is 0 Å². The van der Waals surface area contributed by atoms with Crippen molar-refractivity contribution in [3.05, 3.63) is 157 Å². The molecule has 0 amide bonds. The first-order chi connectivity index (χ1) is 33.6. The highest BCUT2D eigenvalue weighted by atomic mass is 14.9. The molecule has 0 saturated heterocycles. The summed E-state index contributed by atoms with van der Waals surface area (Å²) in [7, 11) is 0. The number of benzene rings is 6. The van der Waals surface area contributed by atoms with Crippen LogP contribution in [0, 0.1) is 0 Å². The van der Waals surface area contributed by atoms with Crippen molar-refractivity contribution in [2.45, 2.75) is 6.42 Å². The molecular weight excluding hydrogens is 839 g/mol. The largest absolute Gasteiger partial charge is 0.358 e. The van der Waals surface area contributed by atoms with E-state index in [4.69, 9.17) is 39.9 Å². The molecule has 312 valence electrons. The van der Waals surface area contributed by atoms with E-state index in [0.717, 1.165) is 149 Å². The molecule has 10 aromatic heterocycles. The topological polar surface area (TPSA) is 150 Å². The van der Waals surface area contributed by atoms with Crippen LogP contribution in [0.5, 0.6) is 0 Å². The molecule has 0 radical (unpaired) electrons. The SMILES string of the molecule is c1cc2c3[nH]c(cc3c1)Cc1cc3cccc(c3[nH]1)-c1cnc3c(n1)c1nc-2ccc1c1nc2c4ccc5nc4c4nc(ccc4c2nc13)c1cccc2cc(cc3cc4cccc5c4[nH]3)nc21. The number of H-pyrrole nitrogens is 3. The zero-order valence-corrected chi connectivity index (χ0v) is 35.6. The van der Waals surface area contributed by atoms with Crippen LogP contribution in [0.1, 0.15) is 11.4 Å². The second-order valence-corrected chi connectivity index (χ2v) is 18.2. The number of fused-ring (bicyclic) bond motifs is 18. The first-order valence-corrected chi connectivity index (χ1v) is 22.7. The molecule has 11 heterocycles. The van der Waals surface area contributed by atoms with Crippen LogP contribution >= 0.6 is 0 Å². The van der Waals surface area contributed by atoms with E-state index < -0.39 is 0 Å². The average molecular weight is 868 g/mol. The summed E-state index contributed by atoms with van der Waals surface area (Å²) >= 11 is 0. The van der Waals surface area contributed by atoms with Gasteiger partial charge in [0.2, 0.25) is 0 Å². The lowest BCUT2D eigenvalue weighted by Crippen LogP contribution is -1.99. The Bertz CT molecular complexity index is 4710. The van der Waals surface area contributed by atoms with Gasteiger partial charge in [-0.3, -0.25) is 0 Å². The summed E-state index contributed by atoms with van der Waals surface area (Å²) in [6.07, 6.45) is 2.58. The van der Waals surface area contributed by atoms with Crippen molar-refractivity contribution < 1.29 is 0 Å². The van der Waals surface area contributed by atoms with Gasteiger partial charge in [-0.25, -0.2) is 39.9 Å². The van der Waals surface area contributed by atoms with Crippen molar-refractivity contribution in [2.75, 3.05) is 0 Å². The maximum atomic E-state index is 5.62. The van der Waals surface area contributed by atoms with Gasteiger partial charge < -0.3 is 15.0 Å². The number of nitrogens with one attached hydrogen (secondary N) is 3.